The predicted octanol–water partition coefficient (Wildman–Crippen LogP) is 3.43. The number of amides is 1. The first-order valence-electron chi connectivity index (χ1n) is 6.83. The van der Waals surface area contributed by atoms with Gasteiger partial charge in [-0.2, -0.15) is 0 Å². The maximum atomic E-state index is 12.4. The van der Waals surface area contributed by atoms with Crippen LogP contribution in [-0.2, 0) is 0 Å². The van der Waals surface area contributed by atoms with Crippen molar-refractivity contribution in [3.63, 3.8) is 0 Å². The van der Waals surface area contributed by atoms with Crippen LogP contribution in [-0.4, -0.2) is 35.4 Å². The Balaban J connectivity index is 2.95. The van der Waals surface area contributed by atoms with Gasteiger partial charge in [0.05, 0.1) is 0 Å². The third-order valence-corrected chi connectivity index (χ3v) is 2.87. The van der Waals surface area contributed by atoms with Gasteiger partial charge in [-0.3, -0.25) is 4.79 Å². The number of hydrogen-bond donors (Lipinski definition) is 1. The van der Waals surface area contributed by atoms with Crippen molar-refractivity contribution in [2.75, 3.05) is 25.0 Å². The number of nitrogens with one attached hydrogen (secondary N) is 1. The smallest absolute Gasteiger partial charge is 0.254 e. The molecule has 1 heterocycles. The Morgan fingerprint density at radius 3 is 2.42 bits per heavy atom. The Bertz CT molecular complexity index is 417. The number of halogens is 1. The van der Waals surface area contributed by atoms with Crippen LogP contribution in [0.25, 0.3) is 0 Å². The second-order valence-corrected chi connectivity index (χ2v) is 4.77. The normalized spacial score (nSPS) is 10.3. The van der Waals surface area contributed by atoms with Gasteiger partial charge in [0.15, 0.2) is 0 Å². The first kappa shape index (κ1) is 15.8. The molecule has 0 aliphatic heterocycles. The standard InChI is InChI=1S/C14H22ClN3O/c1-4-7-18(8-5-2)14(19)11-9-12(15)17-13(10-11)16-6-3/h9-10H,4-8H2,1-3H3,(H,16,17). The van der Waals surface area contributed by atoms with Crippen LogP contribution in [0.15, 0.2) is 12.1 Å². The van der Waals surface area contributed by atoms with E-state index in [0.717, 1.165) is 32.5 Å². The minimum atomic E-state index is 0.0205. The van der Waals surface area contributed by atoms with Gasteiger partial charge in [-0.05, 0) is 31.9 Å². The quantitative estimate of drug-likeness (QED) is 0.780. The first-order valence-corrected chi connectivity index (χ1v) is 7.20. The highest BCUT2D eigenvalue weighted by Gasteiger charge is 2.15. The minimum Gasteiger partial charge on any atom is -0.370 e. The number of pyridine rings is 1. The summed E-state index contributed by atoms with van der Waals surface area (Å²) in [6.45, 7) is 8.39. The molecule has 0 aliphatic carbocycles. The molecule has 5 heteroatoms. The Morgan fingerprint density at radius 2 is 1.89 bits per heavy atom. The highest BCUT2D eigenvalue weighted by atomic mass is 35.5. The Morgan fingerprint density at radius 1 is 1.26 bits per heavy atom. The van der Waals surface area contributed by atoms with E-state index in [-0.39, 0.29) is 5.91 Å². The zero-order valence-electron chi connectivity index (χ0n) is 11.9. The molecule has 0 unspecified atom stereocenters. The number of carbonyl (C=O) groups excluding carboxylic acids is 1. The van der Waals surface area contributed by atoms with E-state index in [2.05, 4.69) is 24.1 Å². The van der Waals surface area contributed by atoms with Gasteiger partial charge in [-0.15, -0.1) is 0 Å². The summed E-state index contributed by atoms with van der Waals surface area (Å²) in [4.78, 5) is 18.4. The van der Waals surface area contributed by atoms with Crippen LogP contribution in [0.5, 0.6) is 0 Å². The maximum Gasteiger partial charge on any atom is 0.254 e. The monoisotopic (exact) mass is 283 g/mol. The largest absolute Gasteiger partial charge is 0.370 e. The van der Waals surface area contributed by atoms with E-state index in [4.69, 9.17) is 11.6 Å². The van der Waals surface area contributed by atoms with Gasteiger partial charge in [0.25, 0.3) is 5.91 Å². The zero-order valence-corrected chi connectivity index (χ0v) is 12.6. The Labute approximate surface area is 120 Å². The maximum absolute atomic E-state index is 12.4. The fraction of sp³-hybridized carbons (Fsp3) is 0.571. The topological polar surface area (TPSA) is 45.2 Å². The summed E-state index contributed by atoms with van der Waals surface area (Å²) in [6, 6.07) is 3.39. The number of aromatic nitrogens is 1. The van der Waals surface area contributed by atoms with Gasteiger partial charge in [0.1, 0.15) is 11.0 Å². The molecule has 106 valence electrons. The van der Waals surface area contributed by atoms with E-state index >= 15 is 0 Å². The summed E-state index contributed by atoms with van der Waals surface area (Å²) in [5, 5.41) is 3.42. The summed E-state index contributed by atoms with van der Waals surface area (Å²) in [6.07, 6.45) is 1.90. The summed E-state index contributed by atoms with van der Waals surface area (Å²) in [5.41, 5.74) is 0.595. The lowest BCUT2D eigenvalue weighted by atomic mass is 10.2. The molecule has 4 nitrogen and oxygen atoms in total. The van der Waals surface area contributed by atoms with Gasteiger partial charge in [0, 0.05) is 25.2 Å². The van der Waals surface area contributed by atoms with E-state index in [1.165, 1.54) is 0 Å². The highest BCUT2D eigenvalue weighted by Crippen LogP contribution is 2.16. The van der Waals surface area contributed by atoms with E-state index in [1.807, 2.05) is 11.8 Å². The molecule has 0 atom stereocenters. The molecule has 1 aromatic heterocycles. The van der Waals surface area contributed by atoms with E-state index < -0.39 is 0 Å². The van der Waals surface area contributed by atoms with Gasteiger partial charge in [-0.1, -0.05) is 25.4 Å². The fourth-order valence-corrected chi connectivity index (χ4v) is 2.14. The van der Waals surface area contributed by atoms with Crippen molar-refractivity contribution >= 4 is 23.3 Å². The number of hydrogen-bond acceptors (Lipinski definition) is 3. The lowest BCUT2D eigenvalue weighted by Crippen LogP contribution is -2.32. The molecule has 0 bridgehead atoms. The van der Waals surface area contributed by atoms with Gasteiger partial charge in [0.2, 0.25) is 0 Å². The van der Waals surface area contributed by atoms with Gasteiger partial charge < -0.3 is 10.2 Å². The van der Waals surface area contributed by atoms with Crippen LogP contribution in [0.1, 0.15) is 44.0 Å². The van der Waals surface area contributed by atoms with Crippen molar-refractivity contribution in [3.05, 3.63) is 22.8 Å². The van der Waals surface area contributed by atoms with Crippen LogP contribution >= 0.6 is 11.6 Å². The van der Waals surface area contributed by atoms with E-state index in [1.54, 1.807) is 12.1 Å². The Kier molecular flexibility index (Phi) is 6.64. The van der Waals surface area contributed by atoms with Gasteiger partial charge >= 0.3 is 0 Å². The fourth-order valence-electron chi connectivity index (χ4n) is 1.93. The van der Waals surface area contributed by atoms with Crippen molar-refractivity contribution in [1.29, 1.82) is 0 Å². The van der Waals surface area contributed by atoms with Crippen molar-refractivity contribution in [3.8, 4) is 0 Å². The summed E-state index contributed by atoms with van der Waals surface area (Å²) >= 11 is 5.97. The molecule has 1 N–H and O–H groups in total. The molecule has 0 aromatic carbocycles. The van der Waals surface area contributed by atoms with Crippen molar-refractivity contribution in [2.45, 2.75) is 33.6 Å². The Hall–Kier alpha value is -1.29. The molecular weight excluding hydrogens is 262 g/mol. The molecular formula is C14H22ClN3O. The highest BCUT2D eigenvalue weighted by molar-refractivity contribution is 6.29. The molecule has 19 heavy (non-hydrogen) atoms. The average Bonchev–Trinajstić information content (AvgIpc) is 2.37. The van der Waals surface area contributed by atoms with Crippen molar-refractivity contribution < 1.29 is 4.79 Å². The molecule has 0 saturated heterocycles. The second-order valence-electron chi connectivity index (χ2n) is 4.39. The summed E-state index contributed by atoms with van der Waals surface area (Å²) in [5.74, 6) is 0.665. The molecule has 1 aromatic rings. The molecule has 0 aliphatic rings. The lowest BCUT2D eigenvalue weighted by Gasteiger charge is -2.21. The van der Waals surface area contributed by atoms with Gasteiger partial charge in [-0.25, -0.2) is 4.98 Å². The van der Waals surface area contributed by atoms with E-state index in [9.17, 15) is 4.79 Å². The van der Waals surface area contributed by atoms with Crippen molar-refractivity contribution in [1.82, 2.24) is 9.88 Å². The number of carbonyl (C=O) groups is 1. The molecule has 0 spiro atoms. The summed E-state index contributed by atoms with van der Waals surface area (Å²) < 4.78 is 0. The second kappa shape index (κ2) is 8.00. The minimum absolute atomic E-state index is 0.0205. The van der Waals surface area contributed by atoms with Crippen LogP contribution in [0.3, 0.4) is 0 Å². The van der Waals surface area contributed by atoms with Crippen LogP contribution in [0.4, 0.5) is 5.82 Å². The van der Waals surface area contributed by atoms with Crippen LogP contribution in [0, 0.1) is 0 Å². The lowest BCUT2D eigenvalue weighted by molar-refractivity contribution is 0.0755. The zero-order chi connectivity index (χ0) is 14.3. The molecule has 0 radical (unpaired) electrons. The number of rotatable bonds is 7. The number of anilines is 1. The molecule has 0 saturated carbocycles. The van der Waals surface area contributed by atoms with Crippen LogP contribution in [0.2, 0.25) is 5.15 Å². The molecule has 1 amide bonds. The third kappa shape index (κ3) is 4.71. The SMILES string of the molecule is CCCN(CCC)C(=O)c1cc(Cl)nc(NCC)c1. The molecule has 0 fully saturated rings. The van der Waals surface area contributed by atoms with Crippen LogP contribution < -0.4 is 5.32 Å². The first-order chi connectivity index (χ1) is 9.12. The third-order valence-electron chi connectivity index (χ3n) is 2.67. The average molecular weight is 284 g/mol. The molecule has 1 rings (SSSR count). The predicted molar refractivity (Wildman–Crippen MR) is 79.9 cm³/mol. The van der Waals surface area contributed by atoms with Crippen molar-refractivity contribution in [2.24, 2.45) is 0 Å². The number of nitrogens with zero attached hydrogens (tertiary/aromatic N) is 2. The summed E-state index contributed by atoms with van der Waals surface area (Å²) in [7, 11) is 0. The van der Waals surface area contributed by atoms with E-state index in [0.29, 0.717) is 16.5 Å².